The Kier molecular flexibility index (Phi) is 3.45. The van der Waals surface area contributed by atoms with E-state index in [0.717, 1.165) is 6.42 Å². The van der Waals surface area contributed by atoms with Crippen molar-refractivity contribution in [2.45, 2.75) is 25.8 Å². The molecule has 0 fully saturated rings. The lowest BCUT2D eigenvalue weighted by Gasteiger charge is -2.10. The highest BCUT2D eigenvalue weighted by Gasteiger charge is 2.09. The molecule has 0 aromatic carbocycles. The van der Waals surface area contributed by atoms with Crippen LogP contribution in [0.15, 0.2) is 6.20 Å². The summed E-state index contributed by atoms with van der Waals surface area (Å²) >= 11 is 1.47. The van der Waals surface area contributed by atoms with Gasteiger partial charge in [0.2, 0.25) is 0 Å². The Morgan fingerprint density at radius 1 is 1.73 bits per heavy atom. The zero-order valence-corrected chi connectivity index (χ0v) is 7.69. The number of nitrogens with one attached hydrogen (secondary N) is 1. The van der Waals surface area contributed by atoms with Crippen LogP contribution in [0.1, 0.15) is 30.7 Å². The lowest BCUT2D eigenvalue weighted by molar-refractivity contribution is 0.549. The quantitative estimate of drug-likeness (QED) is 0.747. The fourth-order valence-electron chi connectivity index (χ4n) is 1.05. The van der Waals surface area contributed by atoms with Gasteiger partial charge in [-0.1, -0.05) is 17.8 Å². The minimum Gasteiger partial charge on any atom is -0.312 e. The molecule has 1 unspecified atom stereocenters. The molecule has 1 atom stereocenters. The van der Waals surface area contributed by atoms with E-state index in [1.807, 2.05) is 13.2 Å². The molecule has 0 aliphatic heterocycles. The first-order valence-electron chi connectivity index (χ1n) is 3.83. The summed E-state index contributed by atoms with van der Waals surface area (Å²) in [6, 6.07) is 0.444. The van der Waals surface area contributed by atoms with Crippen molar-refractivity contribution in [3.05, 3.63) is 11.1 Å². The molecule has 1 aromatic heterocycles. The molecule has 0 aliphatic carbocycles. The highest BCUT2D eigenvalue weighted by molar-refractivity contribution is 7.05. The van der Waals surface area contributed by atoms with Gasteiger partial charge in [0.25, 0.3) is 0 Å². The number of hydrogen-bond acceptors (Lipinski definition) is 4. The van der Waals surface area contributed by atoms with Crippen LogP contribution >= 0.6 is 11.5 Å². The largest absolute Gasteiger partial charge is 0.312 e. The molecule has 4 heteroatoms. The molecule has 11 heavy (non-hydrogen) atoms. The lowest BCUT2D eigenvalue weighted by atomic mass is 10.1. The predicted molar refractivity (Wildman–Crippen MR) is 46.6 cm³/mol. The van der Waals surface area contributed by atoms with Crippen LogP contribution in [-0.4, -0.2) is 16.6 Å². The average Bonchev–Trinajstić information content (AvgIpc) is 2.52. The van der Waals surface area contributed by atoms with Gasteiger partial charge in [-0.2, -0.15) is 0 Å². The zero-order valence-electron chi connectivity index (χ0n) is 6.87. The molecule has 0 radical (unpaired) electrons. The first-order chi connectivity index (χ1) is 5.38. The summed E-state index contributed by atoms with van der Waals surface area (Å²) in [6.45, 7) is 2.18. The van der Waals surface area contributed by atoms with E-state index < -0.39 is 0 Å². The summed E-state index contributed by atoms with van der Waals surface area (Å²) in [5, 5.41) is 7.04. The van der Waals surface area contributed by atoms with Gasteiger partial charge in [-0.05, 0) is 25.0 Å². The molecule has 1 rings (SSSR count). The van der Waals surface area contributed by atoms with Crippen LogP contribution in [0.2, 0.25) is 0 Å². The van der Waals surface area contributed by atoms with Gasteiger partial charge in [0, 0.05) is 6.04 Å². The van der Waals surface area contributed by atoms with Crippen molar-refractivity contribution in [1.29, 1.82) is 0 Å². The maximum Gasteiger partial charge on any atom is 0.0669 e. The molecule has 0 bridgehead atoms. The van der Waals surface area contributed by atoms with E-state index in [4.69, 9.17) is 0 Å². The molecule has 62 valence electrons. The van der Waals surface area contributed by atoms with Crippen molar-refractivity contribution in [2.24, 2.45) is 0 Å². The molecule has 0 spiro atoms. The Balaban J connectivity index is 2.56. The summed E-state index contributed by atoms with van der Waals surface area (Å²) in [6.07, 6.45) is 4.17. The van der Waals surface area contributed by atoms with Crippen molar-refractivity contribution in [1.82, 2.24) is 14.9 Å². The van der Waals surface area contributed by atoms with Gasteiger partial charge < -0.3 is 5.32 Å². The summed E-state index contributed by atoms with van der Waals surface area (Å²) in [5.74, 6) is 0. The van der Waals surface area contributed by atoms with Crippen LogP contribution < -0.4 is 5.32 Å². The standard InChI is InChI=1S/C7H13N3S/c1-3-4-6(8-2)7-5-9-10-11-7/h5-6,8H,3-4H2,1-2H3. The molecule has 0 aliphatic rings. The molecule has 3 nitrogen and oxygen atoms in total. The third-order valence-electron chi connectivity index (χ3n) is 1.65. The number of aromatic nitrogens is 2. The van der Waals surface area contributed by atoms with Crippen LogP contribution in [0.25, 0.3) is 0 Å². The minimum atomic E-state index is 0.444. The first-order valence-corrected chi connectivity index (χ1v) is 4.60. The molecule has 1 heterocycles. The molecule has 0 saturated carbocycles. The van der Waals surface area contributed by atoms with E-state index in [0.29, 0.717) is 6.04 Å². The van der Waals surface area contributed by atoms with Crippen LogP contribution in [0.4, 0.5) is 0 Å². The highest BCUT2D eigenvalue weighted by atomic mass is 32.1. The summed E-state index contributed by atoms with van der Waals surface area (Å²) in [7, 11) is 1.97. The van der Waals surface area contributed by atoms with Crippen LogP contribution in [-0.2, 0) is 0 Å². The van der Waals surface area contributed by atoms with Crippen LogP contribution in [0, 0.1) is 0 Å². The molecule has 0 saturated heterocycles. The Hall–Kier alpha value is -0.480. The van der Waals surface area contributed by atoms with E-state index in [-0.39, 0.29) is 0 Å². The maximum atomic E-state index is 3.82. The molecular weight excluding hydrogens is 158 g/mol. The minimum absolute atomic E-state index is 0.444. The number of hydrogen-bond donors (Lipinski definition) is 1. The second-order valence-electron chi connectivity index (χ2n) is 2.45. The maximum absolute atomic E-state index is 3.82. The Bertz CT molecular complexity index is 186. The fraction of sp³-hybridized carbons (Fsp3) is 0.714. The lowest BCUT2D eigenvalue weighted by Crippen LogP contribution is -2.14. The normalized spacial score (nSPS) is 13.3. The number of rotatable bonds is 4. The third-order valence-corrected chi connectivity index (χ3v) is 2.42. The topological polar surface area (TPSA) is 37.8 Å². The van der Waals surface area contributed by atoms with Gasteiger partial charge in [0.1, 0.15) is 0 Å². The van der Waals surface area contributed by atoms with Gasteiger partial charge in [-0.25, -0.2) is 0 Å². The predicted octanol–water partition coefficient (Wildman–Crippen LogP) is 1.60. The second kappa shape index (κ2) is 4.41. The molecule has 1 aromatic rings. The Labute approximate surface area is 71.0 Å². The summed E-state index contributed by atoms with van der Waals surface area (Å²) in [5.41, 5.74) is 0. The highest BCUT2D eigenvalue weighted by Crippen LogP contribution is 2.19. The zero-order chi connectivity index (χ0) is 8.10. The first kappa shape index (κ1) is 8.62. The van der Waals surface area contributed by atoms with Crippen molar-refractivity contribution in [3.63, 3.8) is 0 Å². The molecule has 1 N–H and O–H groups in total. The fourth-order valence-corrected chi connectivity index (χ4v) is 1.69. The van der Waals surface area contributed by atoms with Crippen molar-refractivity contribution in [2.75, 3.05) is 7.05 Å². The van der Waals surface area contributed by atoms with E-state index in [9.17, 15) is 0 Å². The molecule has 0 amide bonds. The van der Waals surface area contributed by atoms with Crippen LogP contribution in [0.5, 0.6) is 0 Å². The average molecular weight is 171 g/mol. The van der Waals surface area contributed by atoms with Gasteiger partial charge >= 0.3 is 0 Å². The van der Waals surface area contributed by atoms with Gasteiger partial charge in [0.05, 0.1) is 11.1 Å². The van der Waals surface area contributed by atoms with E-state index in [1.165, 1.54) is 22.8 Å². The second-order valence-corrected chi connectivity index (χ2v) is 3.27. The van der Waals surface area contributed by atoms with E-state index in [1.54, 1.807) is 0 Å². The summed E-state index contributed by atoms with van der Waals surface area (Å²) in [4.78, 5) is 1.23. The summed E-state index contributed by atoms with van der Waals surface area (Å²) < 4.78 is 3.82. The van der Waals surface area contributed by atoms with Crippen LogP contribution in [0.3, 0.4) is 0 Å². The number of nitrogens with zero attached hydrogens (tertiary/aromatic N) is 2. The van der Waals surface area contributed by atoms with Gasteiger partial charge in [-0.15, -0.1) is 5.10 Å². The van der Waals surface area contributed by atoms with Gasteiger partial charge in [0.15, 0.2) is 0 Å². The van der Waals surface area contributed by atoms with Crippen molar-refractivity contribution < 1.29 is 0 Å². The Morgan fingerprint density at radius 2 is 2.55 bits per heavy atom. The molecular formula is C7H13N3S. The smallest absolute Gasteiger partial charge is 0.0669 e. The monoisotopic (exact) mass is 171 g/mol. The van der Waals surface area contributed by atoms with Crippen molar-refractivity contribution in [3.8, 4) is 0 Å². The van der Waals surface area contributed by atoms with E-state index >= 15 is 0 Å². The SMILES string of the molecule is CCCC(NC)c1cnns1. The van der Waals surface area contributed by atoms with E-state index in [2.05, 4.69) is 21.8 Å². The Morgan fingerprint density at radius 3 is 3.00 bits per heavy atom. The van der Waals surface area contributed by atoms with Crippen molar-refractivity contribution >= 4 is 11.5 Å². The third kappa shape index (κ3) is 2.24. The van der Waals surface area contributed by atoms with Gasteiger partial charge in [-0.3, -0.25) is 0 Å².